The number of nitriles is 1. The van der Waals surface area contributed by atoms with Crippen LogP contribution in [0.4, 0.5) is 0 Å². The monoisotopic (exact) mass is 257 g/mol. The fraction of sp³-hybridized carbons (Fsp3) is 0.333. The normalized spacial score (nSPS) is 12.1. The number of halogens is 1. The molecule has 0 aliphatic heterocycles. The van der Waals surface area contributed by atoms with Crippen molar-refractivity contribution in [1.29, 1.82) is 5.26 Å². The van der Waals surface area contributed by atoms with Gasteiger partial charge in [-0.1, -0.05) is 6.92 Å². The van der Waals surface area contributed by atoms with Gasteiger partial charge in [0.05, 0.1) is 10.9 Å². The molecule has 4 heteroatoms. The van der Waals surface area contributed by atoms with Crippen LogP contribution < -0.4 is 0 Å². The van der Waals surface area contributed by atoms with Crippen LogP contribution in [0, 0.1) is 17.2 Å². The molecule has 0 aliphatic carbocycles. The SMILES string of the molecule is CCC(C#N)C(=O)c1cc(Br)cs1. The molecule has 1 heterocycles. The summed E-state index contributed by atoms with van der Waals surface area (Å²) in [5.41, 5.74) is 0. The van der Waals surface area contributed by atoms with E-state index in [2.05, 4.69) is 15.9 Å². The molecule has 0 fully saturated rings. The molecule has 0 amide bonds. The van der Waals surface area contributed by atoms with Gasteiger partial charge in [-0.15, -0.1) is 11.3 Å². The predicted molar refractivity (Wildman–Crippen MR) is 55.7 cm³/mol. The Kier molecular flexibility index (Phi) is 3.64. The highest BCUT2D eigenvalue weighted by Gasteiger charge is 2.18. The second-order valence-electron chi connectivity index (χ2n) is 2.58. The molecule has 1 aromatic heterocycles. The number of hydrogen-bond donors (Lipinski definition) is 0. The first-order chi connectivity index (χ1) is 6.19. The maximum absolute atomic E-state index is 11.6. The van der Waals surface area contributed by atoms with Crippen LogP contribution in [0.15, 0.2) is 15.9 Å². The van der Waals surface area contributed by atoms with E-state index in [0.29, 0.717) is 11.3 Å². The van der Waals surface area contributed by atoms with Crippen LogP contribution in [-0.4, -0.2) is 5.78 Å². The minimum atomic E-state index is -0.495. The van der Waals surface area contributed by atoms with E-state index in [4.69, 9.17) is 5.26 Å². The van der Waals surface area contributed by atoms with E-state index in [-0.39, 0.29) is 5.78 Å². The fourth-order valence-electron chi connectivity index (χ4n) is 0.949. The maximum Gasteiger partial charge on any atom is 0.189 e. The first-order valence-corrected chi connectivity index (χ1v) is 5.54. The number of ketones is 1. The Bertz CT molecular complexity index is 353. The molecule has 0 aliphatic rings. The van der Waals surface area contributed by atoms with Crippen molar-refractivity contribution < 1.29 is 4.79 Å². The van der Waals surface area contributed by atoms with Crippen molar-refractivity contribution in [3.05, 3.63) is 20.8 Å². The lowest BCUT2D eigenvalue weighted by atomic mass is 10.0. The van der Waals surface area contributed by atoms with Gasteiger partial charge in [-0.3, -0.25) is 4.79 Å². The van der Waals surface area contributed by atoms with Crippen molar-refractivity contribution in [2.45, 2.75) is 13.3 Å². The van der Waals surface area contributed by atoms with Crippen LogP contribution in [0.2, 0.25) is 0 Å². The minimum absolute atomic E-state index is 0.0688. The average molecular weight is 258 g/mol. The van der Waals surface area contributed by atoms with Gasteiger partial charge in [0.1, 0.15) is 5.92 Å². The van der Waals surface area contributed by atoms with E-state index in [0.717, 1.165) is 4.47 Å². The molecule has 0 aromatic carbocycles. The number of carbonyl (C=O) groups excluding carboxylic acids is 1. The Morgan fingerprint density at radius 3 is 2.92 bits per heavy atom. The Labute approximate surface area is 89.3 Å². The van der Waals surface area contributed by atoms with Crippen LogP contribution in [0.5, 0.6) is 0 Å². The van der Waals surface area contributed by atoms with Crippen LogP contribution in [0.25, 0.3) is 0 Å². The van der Waals surface area contributed by atoms with E-state index in [1.54, 1.807) is 6.07 Å². The van der Waals surface area contributed by atoms with Gasteiger partial charge in [-0.25, -0.2) is 0 Å². The molecule has 1 rings (SSSR count). The summed E-state index contributed by atoms with van der Waals surface area (Å²) in [7, 11) is 0. The molecule has 1 aromatic rings. The third kappa shape index (κ3) is 2.39. The van der Waals surface area contributed by atoms with Crippen molar-refractivity contribution in [3.8, 4) is 6.07 Å². The van der Waals surface area contributed by atoms with Gasteiger partial charge in [0.15, 0.2) is 5.78 Å². The van der Waals surface area contributed by atoms with Gasteiger partial charge < -0.3 is 0 Å². The van der Waals surface area contributed by atoms with Gasteiger partial charge in [0.25, 0.3) is 0 Å². The number of Topliss-reactive ketones (excluding diaryl/α,β-unsaturated/α-hetero) is 1. The van der Waals surface area contributed by atoms with E-state index < -0.39 is 5.92 Å². The Morgan fingerprint density at radius 2 is 2.54 bits per heavy atom. The van der Waals surface area contributed by atoms with Crippen molar-refractivity contribution in [2.24, 2.45) is 5.92 Å². The molecule has 68 valence electrons. The molecule has 1 atom stereocenters. The molecule has 0 saturated carbocycles. The third-order valence-electron chi connectivity index (χ3n) is 1.69. The lowest BCUT2D eigenvalue weighted by Gasteiger charge is -2.00. The maximum atomic E-state index is 11.6. The summed E-state index contributed by atoms with van der Waals surface area (Å²) in [5.74, 6) is -0.564. The first kappa shape index (κ1) is 10.4. The highest BCUT2D eigenvalue weighted by molar-refractivity contribution is 9.10. The lowest BCUT2D eigenvalue weighted by Crippen LogP contribution is -2.09. The largest absolute Gasteiger partial charge is 0.292 e. The minimum Gasteiger partial charge on any atom is -0.292 e. The summed E-state index contributed by atoms with van der Waals surface area (Å²) in [6, 6.07) is 3.76. The number of thiophene rings is 1. The summed E-state index contributed by atoms with van der Waals surface area (Å²) in [6.07, 6.45) is 0.574. The van der Waals surface area contributed by atoms with Gasteiger partial charge in [0, 0.05) is 9.85 Å². The first-order valence-electron chi connectivity index (χ1n) is 3.87. The van der Waals surface area contributed by atoms with Gasteiger partial charge in [-0.05, 0) is 28.4 Å². The molecule has 0 saturated heterocycles. The zero-order valence-electron chi connectivity index (χ0n) is 7.08. The summed E-state index contributed by atoms with van der Waals surface area (Å²) in [4.78, 5) is 12.2. The van der Waals surface area contributed by atoms with Crippen LogP contribution in [0.3, 0.4) is 0 Å². The van der Waals surface area contributed by atoms with Crippen LogP contribution in [-0.2, 0) is 0 Å². The zero-order valence-corrected chi connectivity index (χ0v) is 9.48. The molecule has 0 radical (unpaired) electrons. The van der Waals surface area contributed by atoms with Crippen LogP contribution >= 0.6 is 27.3 Å². The van der Waals surface area contributed by atoms with Crippen molar-refractivity contribution in [1.82, 2.24) is 0 Å². The van der Waals surface area contributed by atoms with Gasteiger partial charge >= 0.3 is 0 Å². The van der Waals surface area contributed by atoms with Crippen molar-refractivity contribution in [2.75, 3.05) is 0 Å². The molecular weight excluding hydrogens is 250 g/mol. The highest BCUT2D eigenvalue weighted by Crippen LogP contribution is 2.23. The fourth-order valence-corrected chi connectivity index (χ4v) is 2.37. The molecular formula is C9H8BrNOS. The molecule has 1 unspecified atom stereocenters. The predicted octanol–water partition coefficient (Wildman–Crippen LogP) is 3.24. The lowest BCUT2D eigenvalue weighted by molar-refractivity contribution is 0.0950. The summed E-state index contributed by atoms with van der Waals surface area (Å²) >= 11 is 4.64. The Morgan fingerprint density at radius 1 is 1.85 bits per heavy atom. The summed E-state index contributed by atoms with van der Waals surface area (Å²) in [5, 5.41) is 10.5. The van der Waals surface area contributed by atoms with Crippen molar-refractivity contribution in [3.63, 3.8) is 0 Å². The number of carbonyl (C=O) groups is 1. The summed E-state index contributed by atoms with van der Waals surface area (Å²) in [6.45, 7) is 1.84. The highest BCUT2D eigenvalue weighted by atomic mass is 79.9. The smallest absolute Gasteiger partial charge is 0.189 e. The van der Waals surface area contributed by atoms with Crippen LogP contribution in [0.1, 0.15) is 23.0 Å². The Hall–Kier alpha value is -0.660. The zero-order chi connectivity index (χ0) is 9.84. The van der Waals surface area contributed by atoms with Gasteiger partial charge in [-0.2, -0.15) is 5.26 Å². The molecule has 13 heavy (non-hydrogen) atoms. The quantitative estimate of drug-likeness (QED) is 0.781. The molecule has 0 bridgehead atoms. The number of hydrogen-bond acceptors (Lipinski definition) is 3. The standard InChI is InChI=1S/C9H8BrNOS/c1-2-6(4-11)9(12)8-3-7(10)5-13-8/h3,5-6H,2H2,1H3. The molecule has 0 spiro atoms. The van der Waals surface area contributed by atoms with E-state index in [1.165, 1.54) is 11.3 Å². The molecule has 2 nitrogen and oxygen atoms in total. The second kappa shape index (κ2) is 4.54. The number of rotatable bonds is 3. The van der Waals surface area contributed by atoms with E-state index in [9.17, 15) is 4.79 Å². The average Bonchev–Trinajstić information content (AvgIpc) is 2.54. The van der Waals surface area contributed by atoms with E-state index in [1.807, 2.05) is 18.4 Å². The third-order valence-corrected chi connectivity index (χ3v) is 3.40. The number of nitrogens with zero attached hydrogens (tertiary/aromatic N) is 1. The van der Waals surface area contributed by atoms with Crippen molar-refractivity contribution >= 4 is 33.0 Å². The second-order valence-corrected chi connectivity index (χ2v) is 4.41. The Balaban J connectivity index is 2.85. The molecule has 0 N–H and O–H groups in total. The topological polar surface area (TPSA) is 40.9 Å². The van der Waals surface area contributed by atoms with E-state index >= 15 is 0 Å². The summed E-state index contributed by atoms with van der Waals surface area (Å²) < 4.78 is 0.897. The van der Waals surface area contributed by atoms with Gasteiger partial charge in [0.2, 0.25) is 0 Å².